The predicted molar refractivity (Wildman–Crippen MR) is 105 cm³/mol. The summed E-state index contributed by atoms with van der Waals surface area (Å²) in [5.41, 5.74) is 0.784. The molecule has 8 heteroatoms. The molecule has 1 aliphatic heterocycles. The Labute approximate surface area is 175 Å². The standard InChI is InChI=1S/C20H31N3.C2HF3O2/c1-19(2,3)16-4-5-23-17(9-16)21-22-18(23)20-10-13-6-14(11-20)8-15(7-13)12-20;3-2(4,5)1(6)7/h13-16H,4-12H2,1-3H3;(H,6,7). The van der Waals surface area contributed by atoms with Crippen molar-refractivity contribution in [3.8, 4) is 0 Å². The summed E-state index contributed by atoms with van der Waals surface area (Å²) in [5.74, 6) is 3.62. The molecule has 5 aliphatic rings. The van der Waals surface area contributed by atoms with E-state index in [1.807, 2.05) is 0 Å². The number of halogens is 3. The van der Waals surface area contributed by atoms with Gasteiger partial charge in [-0.3, -0.25) is 0 Å². The number of fused-ring (bicyclic) bond motifs is 1. The summed E-state index contributed by atoms with van der Waals surface area (Å²) in [6, 6.07) is 0. The quantitative estimate of drug-likeness (QED) is 0.686. The van der Waals surface area contributed by atoms with Gasteiger partial charge in [0.25, 0.3) is 0 Å². The van der Waals surface area contributed by atoms with E-state index in [2.05, 4.69) is 25.3 Å². The molecule has 168 valence electrons. The lowest BCUT2D eigenvalue weighted by Crippen LogP contribution is -2.50. The number of carboxylic acid groups (broad SMARTS) is 1. The monoisotopic (exact) mass is 427 g/mol. The highest BCUT2D eigenvalue weighted by molar-refractivity contribution is 5.73. The first-order chi connectivity index (χ1) is 13.9. The van der Waals surface area contributed by atoms with Crippen LogP contribution in [0.1, 0.15) is 77.4 Å². The van der Waals surface area contributed by atoms with Gasteiger partial charge < -0.3 is 9.67 Å². The maximum atomic E-state index is 10.6. The molecule has 1 aromatic rings. The summed E-state index contributed by atoms with van der Waals surface area (Å²) < 4.78 is 34.3. The number of carbonyl (C=O) groups is 1. The highest BCUT2D eigenvalue weighted by Gasteiger charge is 2.54. The van der Waals surface area contributed by atoms with Crippen molar-refractivity contribution < 1.29 is 23.1 Å². The molecule has 0 saturated heterocycles. The second kappa shape index (κ2) is 7.23. The zero-order chi connectivity index (χ0) is 21.9. The molecule has 0 spiro atoms. The molecule has 0 amide bonds. The summed E-state index contributed by atoms with van der Waals surface area (Å²) in [5, 5.41) is 16.6. The van der Waals surface area contributed by atoms with Crippen LogP contribution in [0.3, 0.4) is 0 Å². The van der Waals surface area contributed by atoms with Crippen molar-refractivity contribution in [3.63, 3.8) is 0 Å². The zero-order valence-electron chi connectivity index (χ0n) is 18.0. The fourth-order valence-electron chi connectivity index (χ4n) is 6.84. The van der Waals surface area contributed by atoms with E-state index < -0.39 is 12.1 Å². The zero-order valence-corrected chi connectivity index (χ0v) is 18.0. The van der Waals surface area contributed by atoms with E-state index in [-0.39, 0.29) is 0 Å². The number of hydrogen-bond donors (Lipinski definition) is 1. The first kappa shape index (κ1) is 21.6. The van der Waals surface area contributed by atoms with Crippen LogP contribution in [0.2, 0.25) is 0 Å². The normalized spacial score (nSPS) is 34.9. The van der Waals surface area contributed by atoms with Crippen LogP contribution in [-0.2, 0) is 23.2 Å². The van der Waals surface area contributed by atoms with E-state index in [9.17, 15) is 13.2 Å². The highest BCUT2D eigenvalue weighted by atomic mass is 19.4. The molecule has 1 unspecified atom stereocenters. The van der Waals surface area contributed by atoms with Crippen LogP contribution in [0.25, 0.3) is 0 Å². The van der Waals surface area contributed by atoms with E-state index in [4.69, 9.17) is 20.1 Å². The van der Waals surface area contributed by atoms with Crippen LogP contribution in [0, 0.1) is 29.1 Å². The minimum Gasteiger partial charge on any atom is -0.475 e. The Morgan fingerprint density at radius 1 is 1.03 bits per heavy atom. The van der Waals surface area contributed by atoms with Gasteiger partial charge >= 0.3 is 12.1 Å². The average Bonchev–Trinajstić information content (AvgIpc) is 3.03. The van der Waals surface area contributed by atoms with Gasteiger partial charge in [0.05, 0.1) is 0 Å². The average molecular weight is 428 g/mol. The first-order valence-corrected chi connectivity index (χ1v) is 11.1. The summed E-state index contributed by atoms with van der Waals surface area (Å²) in [6.45, 7) is 8.29. The third-order valence-electron chi connectivity index (χ3n) is 7.94. The van der Waals surface area contributed by atoms with E-state index in [1.54, 1.807) is 0 Å². The molecule has 6 rings (SSSR count). The third kappa shape index (κ3) is 3.98. The van der Waals surface area contributed by atoms with Crippen LogP contribution in [0.15, 0.2) is 0 Å². The van der Waals surface area contributed by atoms with Crippen molar-refractivity contribution >= 4 is 5.97 Å². The molecule has 4 fully saturated rings. The van der Waals surface area contributed by atoms with Gasteiger partial charge in [-0.15, -0.1) is 10.2 Å². The lowest BCUT2D eigenvalue weighted by molar-refractivity contribution is -0.192. The lowest BCUT2D eigenvalue weighted by Gasteiger charge is -2.56. The van der Waals surface area contributed by atoms with Crippen molar-refractivity contribution in [2.45, 2.75) is 90.3 Å². The van der Waals surface area contributed by atoms with Crippen molar-refractivity contribution in [1.82, 2.24) is 14.8 Å². The maximum Gasteiger partial charge on any atom is 0.490 e. The molecule has 30 heavy (non-hydrogen) atoms. The largest absolute Gasteiger partial charge is 0.490 e. The molecule has 4 saturated carbocycles. The second-order valence-electron chi connectivity index (χ2n) is 11.1. The van der Waals surface area contributed by atoms with Gasteiger partial charge in [-0.1, -0.05) is 20.8 Å². The number of nitrogens with zero attached hydrogens (tertiary/aromatic N) is 3. The molecular weight excluding hydrogens is 395 g/mol. The van der Waals surface area contributed by atoms with Crippen molar-refractivity contribution in [2.75, 3.05) is 0 Å². The van der Waals surface area contributed by atoms with Gasteiger partial charge in [0, 0.05) is 18.4 Å². The van der Waals surface area contributed by atoms with Crippen molar-refractivity contribution in [1.29, 1.82) is 0 Å². The minimum atomic E-state index is -5.08. The Kier molecular flexibility index (Phi) is 5.21. The maximum absolute atomic E-state index is 10.6. The Balaban J connectivity index is 0.000000272. The van der Waals surface area contributed by atoms with Crippen LogP contribution in [-0.4, -0.2) is 32.0 Å². The number of aromatic nitrogens is 3. The number of hydrogen-bond acceptors (Lipinski definition) is 3. The van der Waals surface area contributed by atoms with Gasteiger partial charge in [0.2, 0.25) is 0 Å². The molecule has 0 radical (unpaired) electrons. The Morgan fingerprint density at radius 3 is 1.97 bits per heavy atom. The van der Waals surface area contributed by atoms with Gasteiger partial charge in [-0.2, -0.15) is 13.2 Å². The molecule has 5 nitrogen and oxygen atoms in total. The van der Waals surface area contributed by atoms with Gasteiger partial charge in [-0.05, 0) is 74.0 Å². The summed E-state index contributed by atoms with van der Waals surface area (Å²) in [4.78, 5) is 8.90. The topological polar surface area (TPSA) is 68.0 Å². The fraction of sp³-hybridized carbons (Fsp3) is 0.864. The molecule has 1 N–H and O–H groups in total. The number of alkyl halides is 3. The van der Waals surface area contributed by atoms with Crippen LogP contribution in [0.4, 0.5) is 13.2 Å². The van der Waals surface area contributed by atoms with Crippen LogP contribution in [0.5, 0.6) is 0 Å². The molecule has 4 bridgehead atoms. The smallest absolute Gasteiger partial charge is 0.475 e. The van der Waals surface area contributed by atoms with Crippen molar-refractivity contribution in [2.24, 2.45) is 29.1 Å². The Bertz CT molecular complexity index is 774. The van der Waals surface area contributed by atoms with Gasteiger partial charge in [-0.25, -0.2) is 4.79 Å². The third-order valence-corrected chi connectivity index (χ3v) is 7.94. The summed E-state index contributed by atoms with van der Waals surface area (Å²) in [7, 11) is 0. The molecule has 1 atom stereocenters. The minimum absolute atomic E-state index is 0.387. The van der Waals surface area contributed by atoms with Crippen LogP contribution >= 0.6 is 0 Å². The molecular formula is C22H32F3N3O2. The fourth-order valence-corrected chi connectivity index (χ4v) is 6.84. The lowest BCUT2D eigenvalue weighted by atomic mass is 9.49. The first-order valence-electron chi connectivity index (χ1n) is 11.1. The van der Waals surface area contributed by atoms with Crippen molar-refractivity contribution in [3.05, 3.63) is 11.6 Å². The Morgan fingerprint density at radius 2 is 1.53 bits per heavy atom. The van der Waals surface area contributed by atoms with E-state index in [0.29, 0.717) is 10.8 Å². The molecule has 4 aliphatic carbocycles. The van der Waals surface area contributed by atoms with E-state index >= 15 is 0 Å². The van der Waals surface area contributed by atoms with Gasteiger partial charge in [0.1, 0.15) is 11.6 Å². The summed E-state index contributed by atoms with van der Waals surface area (Å²) >= 11 is 0. The molecule has 1 aromatic heterocycles. The van der Waals surface area contributed by atoms with Crippen LogP contribution < -0.4 is 0 Å². The van der Waals surface area contributed by atoms with E-state index in [0.717, 1.165) is 36.6 Å². The second-order valence-corrected chi connectivity index (χ2v) is 11.1. The highest BCUT2D eigenvalue weighted by Crippen LogP contribution is 2.60. The molecule has 0 aromatic carbocycles. The number of rotatable bonds is 1. The Hall–Kier alpha value is -1.60. The van der Waals surface area contributed by atoms with E-state index in [1.165, 1.54) is 56.6 Å². The summed E-state index contributed by atoms with van der Waals surface area (Å²) in [6.07, 6.45) is 6.07. The predicted octanol–water partition coefficient (Wildman–Crippen LogP) is 4.99. The number of aliphatic carboxylic acids is 1. The van der Waals surface area contributed by atoms with Gasteiger partial charge in [0.15, 0.2) is 0 Å². The molecule has 2 heterocycles. The number of carboxylic acids is 1. The SMILES string of the molecule is CC(C)(C)C1CCn2c(nnc2C23CC4CC(CC(C4)C2)C3)C1.O=C(O)C(F)(F)F.